The van der Waals surface area contributed by atoms with E-state index in [0.717, 1.165) is 29.7 Å². The molecule has 3 nitrogen and oxygen atoms in total. The molecule has 2 rings (SSSR count). The van der Waals surface area contributed by atoms with Crippen molar-refractivity contribution in [2.75, 3.05) is 26.1 Å². The van der Waals surface area contributed by atoms with E-state index in [-0.39, 0.29) is 0 Å². The number of carbonyl (C=O) groups excluding carboxylic acids is 1. The molecule has 0 saturated heterocycles. The molecule has 104 valence electrons. The molecular weight excluding hydrogens is 250 g/mol. The van der Waals surface area contributed by atoms with Gasteiger partial charge in [-0.1, -0.05) is 12.1 Å². The van der Waals surface area contributed by atoms with Gasteiger partial charge in [0.15, 0.2) is 0 Å². The molecule has 2 aromatic carbocycles. The Morgan fingerprint density at radius 2 is 1.80 bits per heavy atom. The minimum atomic E-state index is 0.711. The van der Waals surface area contributed by atoms with Gasteiger partial charge in [-0.2, -0.15) is 0 Å². The Morgan fingerprint density at radius 1 is 1.10 bits per heavy atom. The lowest BCUT2D eigenvalue weighted by Crippen LogP contribution is -2.08. The van der Waals surface area contributed by atoms with E-state index in [1.54, 1.807) is 13.2 Å². The highest BCUT2D eigenvalue weighted by molar-refractivity contribution is 5.78. The Bertz CT molecular complexity index is 588. The molecule has 0 spiro atoms. The Balaban J connectivity index is 2.26. The van der Waals surface area contributed by atoms with Crippen LogP contribution in [0.4, 0.5) is 5.69 Å². The predicted octanol–water partition coefficient (Wildman–Crippen LogP) is 3.16. The largest absolute Gasteiger partial charge is 0.497 e. The minimum absolute atomic E-state index is 0.711. The Morgan fingerprint density at radius 3 is 2.35 bits per heavy atom. The Kier molecular flexibility index (Phi) is 4.41. The lowest BCUT2D eigenvalue weighted by molar-refractivity contribution is 0.112. The highest BCUT2D eigenvalue weighted by Crippen LogP contribution is 2.21. The van der Waals surface area contributed by atoms with Gasteiger partial charge in [-0.25, -0.2) is 0 Å². The van der Waals surface area contributed by atoms with Crippen LogP contribution in [0.1, 0.15) is 21.5 Å². The average molecular weight is 269 g/mol. The molecule has 0 aliphatic rings. The van der Waals surface area contributed by atoms with Crippen molar-refractivity contribution in [3.05, 3.63) is 59.2 Å². The standard InChI is InChI=1S/C17H19NO2/c1-18(2)16-7-4-13(5-8-16)10-15-11-17(20-3)9-6-14(15)12-19/h4-9,11-12H,10H2,1-3H3. The molecule has 0 amide bonds. The molecule has 0 unspecified atom stereocenters. The fraction of sp³-hybridized carbons (Fsp3) is 0.235. The second-order valence-electron chi connectivity index (χ2n) is 4.92. The molecule has 0 aromatic heterocycles. The molecule has 20 heavy (non-hydrogen) atoms. The zero-order chi connectivity index (χ0) is 14.5. The topological polar surface area (TPSA) is 29.5 Å². The zero-order valence-electron chi connectivity index (χ0n) is 12.1. The van der Waals surface area contributed by atoms with Gasteiger partial charge in [0.2, 0.25) is 0 Å². The first-order chi connectivity index (χ1) is 9.63. The minimum Gasteiger partial charge on any atom is -0.497 e. The van der Waals surface area contributed by atoms with E-state index in [4.69, 9.17) is 4.74 Å². The van der Waals surface area contributed by atoms with Crippen molar-refractivity contribution in [2.45, 2.75) is 6.42 Å². The van der Waals surface area contributed by atoms with E-state index in [1.807, 2.05) is 26.2 Å². The number of benzene rings is 2. The van der Waals surface area contributed by atoms with Crippen molar-refractivity contribution in [3.8, 4) is 5.75 Å². The number of carbonyl (C=O) groups is 1. The van der Waals surface area contributed by atoms with Crippen molar-refractivity contribution in [1.29, 1.82) is 0 Å². The fourth-order valence-electron chi connectivity index (χ4n) is 2.11. The summed E-state index contributed by atoms with van der Waals surface area (Å²) in [6.45, 7) is 0. The van der Waals surface area contributed by atoms with Crippen LogP contribution in [0.3, 0.4) is 0 Å². The third-order valence-electron chi connectivity index (χ3n) is 3.32. The van der Waals surface area contributed by atoms with Gasteiger partial charge >= 0.3 is 0 Å². The molecule has 0 radical (unpaired) electrons. The molecule has 0 saturated carbocycles. The van der Waals surface area contributed by atoms with Crippen molar-refractivity contribution in [1.82, 2.24) is 0 Å². The normalized spacial score (nSPS) is 10.2. The van der Waals surface area contributed by atoms with Crippen LogP contribution in [-0.2, 0) is 6.42 Å². The van der Waals surface area contributed by atoms with Crippen LogP contribution in [0, 0.1) is 0 Å². The maximum atomic E-state index is 11.1. The molecule has 3 heteroatoms. The molecular formula is C17H19NO2. The maximum Gasteiger partial charge on any atom is 0.150 e. The number of hydrogen-bond donors (Lipinski definition) is 0. The number of rotatable bonds is 5. The van der Waals surface area contributed by atoms with Crippen molar-refractivity contribution in [3.63, 3.8) is 0 Å². The summed E-state index contributed by atoms with van der Waals surface area (Å²) >= 11 is 0. The highest BCUT2D eigenvalue weighted by Gasteiger charge is 2.05. The van der Waals surface area contributed by atoms with Crippen molar-refractivity contribution >= 4 is 12.0 Å². The molecule has 0 heterocycles. The molecule has 0 bridgehead atoms. The average Bonchev–Trinajstić information content (AvgIpc) is 2.47. The predicted molar refractivity (Wildman–Crippen MR) is 82.0 cm³/mol. The summed E-state index contributed by atoms with van der Waals surface area (Å²) in [4.78, 5) is 13.2. The maximum absolute atomic E-state index is 11.1. The smallest absolute Gasteiger partial charge is 0.150 e. The van der Waals surface area contributed by atoms with Gasteiger partial charge in [0.25, 0.3) is 0 Å². The second kappa shape index (κ2) is 6.24. The van der Waals surface area contributed by atoms with Crippen LogP contribution in [0.2, 0.25) is 0 Å². The first-order valence-corrected chi connectivity index (χ1v) is 6.52. The summed E-state index contributed by atoms with van der Waals surface area (Å²) in [6.07, 6.45) is 1.61. The van der Waals surface area contributed by atoms with Crippen LogP contribution in [0.5, 0.6) is 5.75 Å². The van der Waals surface area contributed by atoms with E-state index >= 15 is 0 Å². The van der Waals surface area contributed by atoms with Crippen molar-refractivity contribution < 1.29 is 9.53 Å². The van der Waals surface area contributed by atoms with E-state index in [0.29, 0.717) is 5.56 Å². The van der Waals surface area contributed by atoms with Crippen LogP contribution in [-0.4, -0.2) is 27.5 Å². The highest BCUT2D eigenvalue weighted by atomic mass is 16.5. The fourth-order valence-corrected chi connectivity index (χ4v) is 2.11. The Hall–Kier alpha value is -2.29. The van der Waals surface area contributed by atoms with Crippen LogP contribution < -0.4 is 9.64 Å². The van der Waals surface area contributed by atoms with Crippen LogP contribution in [0.15, 0.2) is 42.5 Å². The molecule has 0 atom stereocenters. The summed E-state index contributed by atoms with van der Waals surface area (Å²) in [5.74, 6) is 0.774. The van der Waals surface area contributed by atoms with Gasteiger partial charge in [-0.3, -0.25) is 4.79 Å². The van der Waals surface area contributed by atoms with E-state index in [9.17, 15) is 4.79 Å². The first kappa shape index (κ1) is 14.1. The summed E-state index contributed by atoms with van der Waals surface area (Å²) in [5, 5.41) is 0. The third-order valence-corrected chi connectivity index (χ3v) is 3.32. The van der Waals surface area contributed by atoms with Gasteiger partial charge in [-0.05, 0) is 47.9 Å². The van der Waals surface area contributed by atoms with E-state index in [2.05, 4.69) is 29.2 Å². The van der Waals surface area contributed by atoms with Gasteiger partial charge in [0.05, 0.1) is 7.11 Å². The lowest BCUT2D eigenvalue weighted by Gasteiger charge is -2.13. The van der Waals surface area contributed by atoms with Gasteiger partial charge in [-0.15, -0.1) is 0 Å². The van der Waals surface area contributed by atoms with Gasteiger partial charge < -0.3 is 9.64 Å². The number of anilines is 1. The van der Waals surface area contributed by atoms with Crippen molar-refractivity contribution in [2.24, 2.45) is 0 Å². The molecule has 2 aromatic rings. The van der Waals surface area contributed by atoms with E-state index in [1.165, 1.54) is 5.56 Å². The monoisotopic (exact) mass is 269 g/mol. The van der Waals surface area contributed by atoms with Gasteiger partial charge in [0.1, 0.15) is 12.0 Å². The third kappa shape index (κ3) is 3.18. The molecule has 0 aliphatic heterocycles. The zero-order valence-corrected chi connectivity index (χ0v) is 12.1. The number of hydrogen-bond acceptors (Lipinski definition) is 3. The van der Waals surface area contributed by atoms with Crippen LogP contribution in [0.25, 0.3) is 0 Å². The molecule has 0 fully saturated rings. The molecule has 0 aliphatic carbocycles. The lowest BCUT2D eigenvalue weighted by atomic mass is 10.00. The summed E-state index contributed by atoms with van der Waals surface area (Å²) in [6, 6.07) is 13.9. The van der Waals surface area contributed by atoms with E-state index < -0.39 is 0 Å². The Labute approximate surface area is 119 Å². The quantitative estimate of drug-likeness (QED) is 0.781. The molecule has 0 N–H and O–H groups in total. The number of ether oxygens (including phenoxy) is 1. The summed E-state index contributed by atoms with van der Waals surface area (Å²) < 4.78 is 5.22. The summed E-state index contributed by atoms with van der Waals surface area (Å²) in [5.41, 5.74) is 4.03. The second-order valence-corrected chi connectivity index (χ2v) is 4.92. The number of aldehydes is 1. The van der Waals surface area contributed by atoms with Gasteiger partial charge in [0, 0.05) is 25.3 Å². The number of nitrogens with zero attached hydrogens (tertiary/aromatic N) is 1. The SMILES string of the molecule is COc1ccc(C=O)c(Cc2ccc(N(C)C)cc2)c1. The number of methoxy groups -OCH3 is 1. The van der Waals surface area contributed by atoms with Crippen LogP contribution >= 0.6 is 0 Å². The first-order valence-electron chi connectivity index (χ1n) is 6.52. The summed E-state index contributed by atoms with van der Waals surface area (Å²) in [7, 11) is 5.66.